The van der Waals surface area contributed by atoms with Crippen LogP contribution in [0.2, 0.25) is 0 Å². The van der Waals surface area contributed by atoms with Crippen LogP contribution in [0.5, 0.6) is 5.75 Å². The number of benzene rings is 2. The molecule has 1 unspecified atom stereocenters. The van der Waals surface area contributed by atoms with Crippen LogP contribution in [-0.4, -0.2) is 63.1 Å². The van der Waals surface area contributed by atoms with Crippen LogP contribution in [0.4, 0.5) is 0 Å². The van der Waals surface area contributed by atoms with Gasteiger partial charge >= 0.3 is 0 Å². The second-order valence-corrected chi connectivity index (χ2v) is 8.62. The number of nitrogens with one attached hydrogen (secondary N) is 2. The third kappa shape index (κ3) is 8.46. The van der Waals surface area contributed by atoms with Crippen molar-refractivity contribution in [3.63, 3.8) is 0 Å². The molecule has 2 aromatic carbocycles. The van der Waals surface area contributed by atoms with E-state index in [0.29, 0.717) is 6.54 Å². The highest BCUT2D eigenvalue weighted by Gasteiger charge is 2.24. The molecule has 1 aliphatic rings. The van der Waals surface area contributed by atoms with Crippen LogP contribution in [0.15, 0.2) is 53.5 Å². The molecule has 2 aromatic rings. The smallest absolute Gasteiger partial charge is 0.191 e. The number of guanidine groups is 1. The van der Waals surface area contributed by atoms with Gasteiger partial charge in [-0.05, 0) is 75.8 Å². The van der Waals surface area contributed by atoms with Crippen molar-refractivity contribution in [2.75, 3.05) is 47.4 Å². The van der Waals surface area contributed by atoms with Crippen LogP contribution in [0, 0.1) is 0 Å². The van der Waals surface area contributed by atoms with Crippen molar-refractivity contribution in [2.45, 2.75) is 38.9 Å². The monoisotopic (exact) mass is 565 g/mol. The minimum absolute atomic E-state index is 0. The average molecular weight is 566 g/mol. The summed E-state index contributed by atoms with van der Waals surface area (Å²) in [6, 6.07) is 17.3. The number of rotatable bonds is 10. The quantitative estimate of drug-likeness (QED) is 0.256. The molecule has 0 bridgehead atoms. The first kappa shape index (κ1) is 27.4. The van der Waals surface area contributed by atoms with Crippen LogP contribution < -0.4 is 15.4 Å². The highest BCUT2D eigenvalue weighted by molar-refractivity contribution is 14.0. The zero-order chi connectivity index (χ0) is 22.8. The van der Waals surface area contributed by atoms with Crippen molar-refractivity contribution in [1.29, 1.82) is 0 Å². The third-order valence-corrected chi connectivity index (χ3v) is 5.88. The lowest BCUT2D eigenvalue weighted by atomic mass is 10.1. The molecule has 3 rings (SSSR count). The van der Waals surface area contributed by atoms with Crippen molar-refractivity contribution in [1.82, 2.24) is 20.4 Å². The van der Waals surface area contributed by atoms with Crippen molar-refractivity contribution in [3.8, 4) is 5.75 Å². The second kappa shape index (κ2) is 14.4. The fourth-order valence-electron chi connectivity index (χ4n) is 4.27. The molecule has 6 nitrogen and oxygen atoms in total. The maximum atomic E-state index is 5.48. The van der Waals surface area contributed by atoms with Gasteiger partial charge in [-0.2, -0.15) is 0 Å². The maximum Gasteiger partial charge on any atom is 0.191 e. The van der Waals surface area contributed by atoms with E-state index in [0.717, 1.165) is 44.4 Å². The summed E-state index contributed by atoms with van der Waals surface area (Å²) in [4.78, 5) is 9.67. The van der Waals surface area contributed by atoms with Gasteiger partial charge < -0.3 is 20.3 Å². The molecule has 1 aliphatic heterocycles. The molecule has 1 heterocycles. The van der Waals surface area contributed by atoms with E-state index in [-0.39, 0.29) is 30.0 Å². The van der Waals surface area contributed by atoms with Gasteiger partial charge in [-0.1, -0.05) is 36.4 Å². The summed E-state index contributed by atoms with van der Waals surface area (Å²) in [5, 5.41) is 7.03. The first-order chi connectivity index (χ1) is 15.6. The Balaban J connectivity index is 0.00000385. The van der Waals surface area contributed by atoms with Crippen molar-refractivity contribution < 1.29 is 4.74 Å². The summed E-state index contributed by atoms with van der Waals surface area (Å²) in [6.07, 6.45) is 2.52. The van der Waals surface area contributed by atoms with Gasteiger partial charge in [-0.15, -0.1) is 24.0 Å². The summed E-state index contributed by atoms with van der Waals surface area (Å²) in [5.74, 6) is 1.77. The first-order valence-corrected chi connectivity index (χ1v) is 11.7. The summed E-state index contributed by atoms with van der Waals surface area (Å²) in [6.45, 7) is 7.59. The van der Waals surface area contributed by atoms with Gasteiger partial charge in [0, 0.05) is 19.6 Å². The molecule has 0 amide bonds. The first-order valence-electron chi connectivity index (χ1n) is 11.7. The molecule has 1 fully saturated rings. The van der Waals surface area contributed by atoms with Gasteiger partial charge in [0.05, 0.1) is 19.7 Å². The summed E-state index contributed by atoms with van der Waals surface area (Å²) in [5.41, 5.74) is 3.87. The zero-order valence-corrected chi connectivity index (χ0v) is 22.8. The predicted molar refractivity (Wildman–Crippen MR) is 149 cm³/mol. The second-order valence-electron chi connectivity index (χ2n) is 8.62. The number of hydrogen-bond acceptors (Lipinski definition) is 4. The van der Waals surface area contributed by atoms with Crippen LogP contribution in [-0.2, 0) is 13.1 Å². The predicted octanol–water partition coefficient (Wildman–Crippen LogP) is 4.27. The molecule has 0 spiro atoms. The Morgan fingerprint density at radius 2 is 1.79 bits per heavy atom. The summed E-state index contributed by atoms with van der Waals surface area (Å²) in [7, 11) is 5.93. The zero-order valence-electron chi connectivity index (χ0n) is 20.5. The minimum Gasteiger partial charge on any atom is -0.497 e. The van der Waals surface area contributed by atoms with Gasteiger partial charge in [0.25, 0.3) is 0 Å². The number of aliphatic imine (C=N–C) groups is 1. The van der Waals surface area contributed by atoms with Gasteiger partial charge in [-0.3, -0.25) is 4.90 Å². The highest BCUT2D eigenvalue weighted by Crippen LogP contribution is 2.27. The molecule has 2 N–H and O–H groups in total. The summed E-state index contributed by atoms with van der Waals surface area (Å²) >= 11 is 0. The SMILES string of the molecule is CCNC(=NCc1ccccc1CN(C)C)NCC(c1cccc(OC)c1)N1CCCC1.I. The molecule has 0 radical (unpaired) electrons. The van der Waals surface area contributed by atoms with Crippen molar-refractivity contribution in [3.05, 3.63) is 65.2 Å². The Kier molecular flexibility index (Phi) is 12.0. The minimum atomic E-state index is 0. The molecule has 1 saturated heterocycles. The van der Waals surface area contributed by atoms with Gasteiger partial charge in [0.15, 0.2) is 5.96 Å². The molecule has 182 valence electrons. The molecular formula is C26H40IN5O. The number of nitrogens with zero attached hydrogens (tertiary/aromatic N) is 3. The molecule has 0 saturated carbocycles. The van der Waals surface area contributed by atoms with Gasteiger partial charge in [0.1, 0.15) is 5.75 Å². The van der Waals surface area contributed by atoms with E-state index >= 15 is 0 Å². The van der Waals surface area contributed by atoms with E-state index in [2.05, 4.69) is 83.9 Å². The van der Waals surface area contributed by atoms with Crippen LogP contribution >= 0.6 is 24.0 Å². The number of hydrogen-bond donors (Lipinski definition) is 2. The fourth-order valence-corrected chi connectivity index (χ4v) is 4.27. The standard InChI is InChI=1S/C26H39N5O.HI/c1-5-27-26(28-18-22-11-6-7-12-23(22)20-30(2)3)29-19-25(31-15-8-9-16-31)21-13-10-14-24(17-21)32-4;/h6-7,10-14,17,25H,5,8-9,15-16,18-20H2,1-4H3,(H2,27,28,29);1H. The molecular weight excluding hydrogens is 525 g/mol. The number of methoxy groups -OCH3 is 1. The number of likely N-dealkylation sites (tertiary alicyclic amines) is 1. The van der Waals surface area contributed by atoms with E-state index < -0.39 is 0 Å². The lowest BCUT2D eigenvalue weighted by Gasteiger charge is -2.29. The fraction of sp³-hybridized carbons (Fsp3) is 0.500. The molecule has 1 atom stereocenters. The lowest BCUT2D eigenvalue weighted by molar-refractivity contribution is 0.245. The Hall–Kier alpha value is -1.84. The van der Waals surface area contributed by atoms with Crippen LogP contribution in [0.1, 0.15) is 42.5 Å². The van der Waals surface area contributed by atoms with Crippen LogP contribution in [0.3, 0.4) is 0 Å². The van der Waals surface area contributed by atoms with Crippen LogP contribution in [0.25, 0.3) is 0 Å². The average Bonchev–Trinajstić information content (AvgIpc) is 3.33. The molecule has 7 heteroatoms. The molecule has 0 aliphatic carbocycles. The summed E-state index contributed by atoms with van der Waals surface area (Å²) < 4.78 is 5.48. The van der Waals surface area contributed by atoms with E-state index in [1.807, 2.05) is 6.07 Å². The third-order valence-electron chi connectivity index (χ3n) is 5.88. The van der Waals surface area contributed by atoms with Crippen molar-refractivity contribution in [2.24, 2.45) is 4.99 Å². The number of halogens is 1. The Morgan fingerprint density at radius 1 is 1.06 bits per heavy atom. The van der Waals surface area contributed by atoms with E-state index in [4.69, 9.17) is 9.73 Å². The number of ether oxygens (including phenoxy) is 1. The molecule has 33 heavy (non-hydrogen) atoms. The van der Waals surface area contributed by atoms with E-state index in [1.54, 1.807) is 7.11 Å². The normalized spacial score (nSPS) is 15.2. The van der Waals surface area contributed by atoms with Gasteiger partial charge in [-0.25, -0.2) is 4.99 Å². The van der Waals surface area contributed by atoms with Gasteiger partial charge in [0.2, 0.25) is 0 Å². The highest BCUT2D eigenvalue weighted by atomic mass is 127. The lowest BCUT2D eigenvalue weighted by Crippen LogP contribution is -2.42. The van der Waals surface area contributed by atoms with Crippen molar-refractivity contribution >= 4 is 29.9 Å². The maximum absolute atomic E-state index is 5.48. The molecule has 0 aromatic heterocycles. The van der Waals surface area contributed by atoms with E-state index in [9.17, 15) is 0 Å². The largest absolute Gasteiger partial charge is 0.497 e. The Bertz CT molecular complexity index is 867. The van der Waals surface area contributed by atoms with E-state index in [1.165, 1.54) is 29.5 Å². The Labute approximate surface area is 216 Å². The Morgan fingerprint density at radius 3 is 2.45 bits per heavy atom. The topological polar surface area (TPSA) is 52.1 Å².